The third-order valence-corrected chi connectivity index (χ3v) is 4.15. The van der Waals surface area contributed by atoms with E-state index in [0.29, 0.717) is 11.3 Å². The Morgan fingerprint density at radius 2 is 1.82 bits per heavy atom. The molecule has 3 nitrogen and oxygen atoms in total. The van der Waals surface area contributed by atoms with Gasteiger partial charge < -0.3 is 9.30 Å². The summed E-state index contributed by atoms with van der Waals surface area (Å²) >= 11 is 0. The first-order valence-corrected chi connectivity index (χ1v) is 7.23. The van der Waals surface area contributed by atoms with Gasteiger partial charge in [-0.2, -0.15) is 0 Å². The van der Waals surface area contributed by atoms with E-state index in [9.17, 15) is 4.79 Å². The topological polar surface area (TPSA) is 31.2 Å². The minimum Gasteiger partial charge on any atom is -0.422 e. The summed E-state index contributed by atoms with van der Waals surface area (Å²) in [5, 5.41) is 1.19. The molecule has 4 rings (SSSR count). The van der Waals surface area contributed by atoms with Gasteiger partial charge in [-0.15, -0.1) is 0 Å². The zero-order chi connectivity index (χ0) is 15.3. The number of aromatic nitrogens is 1. The van der Waals surface area contributed by atoms with Gasteiger partial charge in [-0.1, -0.05) is 30.3 Å². The number of aryl methyl sites for hydroxylation is 2. The molecule has 1 aromatic heterocycles. The Kier molecular flexibility index (Phi) is 2.70. The number of nitrogens with zero attached hydrogens (tertiary/aromatic N) is 1. The molecule has 22 heavy (non-hydrogen) atoms. The molecule has 0 amide bonds. The van der Waals surface area contributed by atoms with Crippen molar-refractivity contribution in [3.05, 3.63) is 70.9 Å². The highest BCUT2D eigenvalue weighted by Crippen LogP contribution is 2.33. The third-order valence-electron chi connectivity index (χ3n) is 4.15. The number of cyclic esters (lactones) is 1. The third kappa shape index (κ3) is 1.79. The van der Waals surface area contributed by atoms with Crippen LogP contribution in [0.3, 0.4) is 0 Å². The number of rotatable bonds is 1. The van der Waals surface area contributed by atoms with Crippen LogP contribution in [-0.4, -0.2) is 10.5 Å². The van der Waals surface area contributed by atoms with Gasteiger partial charge in [0.25, 0.3) is 0 Å². The Morgan fingerprint density at radius 3 is 2.64 bits per heavy atom. The SMILES string of the molecule is Cc1cccc2c1c(/C=C1\OC(=O)c3ccccc31)cn2C. The summed E-state index contributed by atoms with van der Waals surface area (Å²) in [5.41, 5.74) is 4.94. The van der Waals surface area contributed by atoms with Crippen molar-refractivity contribution in [2.24, 2.45) is 7.05 Å². The van der Waals surface area contributed by atoms with E-state index in [4.69, 9.17) is 4.74 Å². The van der Waals surface area contributed by atoms with Gasteiger partial charge in [-0.05, 0) is 30.7 Å². The smallest absolute Gasteiger partial charge is 0.344 e. The first kappa shape index (κ1) is 12.9. The first-order chi connectivity index (χ1) is 10.6. The Hall–Kier alpha value is -2.81. The van der Waals surface area contributed by atoms with Crippen LogP contribution in [0.1, 0.15) is 27.0 Å². The monoisotopic (exact) mass is 289 g/mol. The molecule has 0 unspecified atom stereocenters. The lowest BCUT2D eigenvalue weighted by atomic mass is 10.0. The van der Waals surface area contributed by atoms with E-state index in [1.54, 1.807) is 6.07 Å². The molecule has 2 aromatic carbocycles. The molecule has 108 valence electrons. The highest BCUT2D eigenvalue weighted by Gasteiger charge is 2.26. The summed E-state index contributed by atoms with van der Waals surface area (Å²) in [6, 6.07) is 13.7. The number of carbonyl (C=O) groups excluding carboxylic acids is 1. The van der Waals surface area contributed by atoms with Crippen LogP contribution in [0.2, 0.25) is 0 Å². The molecule has 0 atom stereocenters. The minimum absolute atomic E-state index is 0.279. The van der Waals surface area contributed by atoms with Crippen LogP contribution in [0.25, 0.3) is 22.7 Å². The highest BCUT2D eigenvalue weighted by atomic mass is 16.5. The predicted molar refractivity (Wildman–Crippen MR) is 87.4 cm³/mol. The second-order valence-electron chi connectivity index (χ2n) is 5.61. The van der Waals surface area contributed by atoms with E-state index in [0.717, 1.165) is 11.1 Å². The Labute approximate surface area is 128 Å². The summed E-state index contributed by atoms with van der Waals surface area (Å²) in [5.74, 6) is 0.343. The molecule has 3 aromatic rings. The average Bonchev–Trinajstić information content (AvgIpc) is 3.00. The summed E-state index contributed by atoms with van der Waals surface area (Å²) in [4.78, 5) is 11.9. The number of fused-ring (bicyclic) bond motifs is 2. The molecule has 0 bridgehead atoms. The van der Waals surface area contributed by atoms with Gasteiger partial charge >= 0.3 is 5.97 Å². The number of ether oxygens (including phenoxy) is 1. The molecule has 0 N–H and O–H groups in total. The number of hydrogen-bond acceptors (Lipinski definition) is 2. The summed E-state index contributed by atoms with van der Waals surface area (Å²) in [6.45, 7) is 2.10. The molecule has 0 spiro atoms. The molecule has 0 fully saturated rings. The molecule has 3 heteroatoms. The van der Waals surface area contributed by atoms with Crippen molar-refractivity contribution in [2.45, 2.75) is 6.92 Å². The molecule has 0 saturated heterocycles. The van der Waals surface area contributed by atoms with Crippen molar-refractivity contribution in [3.8, 4) is 0 Å². The molecular formula is C19H15NO2. The number of esters is 1. The zero-order valence-corrected chi connectivity index (χ0v) is 12.5. The quantitative estimate of drug-likeness (QED) is 0.630. The number of benzene rings is 2. The van der Waals surface area contributed by atoms with Crippen molar-refractivity contribution >= 4 is 28.7 Å². The van der Waals surface area contributed by atoms with Crippen molar-refractivity contribution in [1.29, 1.82) is 0 Å². The van der Waals surface area contributed by atoms with Crippen LogP contribution in [0.4, 0.5) is 0 Å². The van der Waals surface area contributed by atoms with Crippen molar-refractivity contribution < 1.29 is 9.53 Å². The van der Waals surface area contributed by atoms with Crippen LogP contribution in [-0.2, 0) is 11.8 Å². The minimum atomic E-state index is -0.279. The predicted octanol–water partition coefficient (Wildman–Crippen LogP) is 4.16. The molecule has 0 saturated carbocycles. The van der Waals surface area contributed by atoms with Gasteiger partial charge in [-0.3, -0.25) is 0 Å². The Balaban J connectivity index is 1.94. The fourth-order valence-electron chi connectivity index (χ4n) is 3.11. The second-order valence-corrected chi connectivity index (χ2v) is 5.61. The lowest BCUT2D eigenvalue weighted by Crippen LogP contribution is -1.92. The molecular weight excluding hydrogens is 274 g/mol. The van der Waals surface area contributed by atoms with Crippen LogP contribution in [0, 0.1) is 6.92 Å². The molecule has 0 aliphatic carbocycles. The molecule has 1 aliphatic rings. The first-order valence-electron chi connectivity index (χ1n) is 7.23. The second kappa shape index (κ2) is 4.60. The van der Waals surface area contributed by atoms with Crippen molar-refractivity contribution in [1.82, 2.24) is 4.57 Å². The maximum Gasteiger partial charge on any atom is 0.344 e. The van der Waals surface area contributed by atoms with Crippen LogP contribution >= 0.6 is 0 Å². The van der Waals surface area contributed by atoms with Gasteiger partial charge in [0, 0.05) is 35.3 Å². The van der Waals surface area contributed by atoms with Gasteiger partial charge in [0.15, 0.2) is 0 Å². The van der Waals surface area contributed by atoms with Crippen molar-refractivity contribution in [3.63, 3.8) is 0 Å². The average molecular weight is 289 g/mol. The van der Waals surface area contributed by atoms with E-state index in [-0.39, 0.29) is 5.97 Å². The summed E-state index contributed by atoms with van der Waals surface area (Å²) in [7, 11) is 2.03. The molecule has 2 heterocycles. The zero-order valence-electron chi connectivity index (χ0n) is 12.5. The molecule has 1 aliphatic heterocycles. The number of carbonyl (C=O) groups is 1. The van der Waals surface area contributed by atoms with Gasteiger partial charge in [-0.25, -0.2) is 4.79 Å². The van der Waals surface area contributed by atoms with E-state index in [1.165, 1.54) is 16.5 Å². The molecule has 0 radical (unpaired) electrons. The van der Waals surface area contributed by atoms with Crippen LogP contribution in [0.5, 0.6) is 0 Å². The normalized spacial score (nSPS) is 15.4. The lowest BCUT2D eigenvalue weighted by molar-refractivity contribution is 0.0717. The summed E-state index contributed by atoms with van der Waals surface area (Å²) < 4.78 is 7.54. The van der Waals surface area contributed by atoms with Crippen LogP contribution < -0.4 is 0 Å². The van der Waals surface area contributed by atoms with E-state index in [2.05, 4.69) is 35.9 Å². The van der Waals surface area contributed by atoms with Crippen LogP contribution in [0.15, 0.2) is 48.7 Å². The van der Waals surface area contributed by atoms with E-state index < -0.39 is 0 Å². The fourth-order valence-corrected chi connectivity index (χ4v) is 3.11. The van der Waals surface area contributed by atoms with E-state index >= 15 is 0 Å². The van der Waals surface area contributed by atoms with Gasteiger partial charge in [0.1, 0.15) is 5.76 Å². The Bertz CT molecular complexity index is 947. The highest BCUT2D eigenvalue weighted by molar-refractivity contribution is 6.07. The maximum atomic E-state index is 11.9. The standard InChI is InChI=1S/C19H15NO2/c1-12-6-5-9-16-18(12)13(11-20(16)2)10-17-14-7-3-4-8-15(14)19(21)22-17/h3-11H,1-2H3/b17-10-. The maximum absolute atomic E-state index is 11.9. The lowest BCUT2D eigenvalue weighted by Gasteiger charge is -2.00. The summed E-state index contributed by atoms with van der Waals surface area (Å²) in [6.07, 6.45) is 4.03. The fraction of sp³-hybridized carbons (Fsp3) is 0.105. The van der Waals surface area contributed by atoms with Crippen molar-refractivity contribution in [2.75, 3.05) is 0 Å². The number of hydrogen-bond donors (Lipinski definition) is 0. The van der Waals surface area contributed by atoms with E-state index in [1.807, 2.05) is 31.3 Å². The van der Waals surface area contributed by atoms with Gasteiger partial charge in [0.2, 0.25) is 0 Å². The Morgan fingerprint density at radius 1 is 1.05 bits per heavy atom. The van der Waals surface area contributed by atoms with Gasteiger partial charge in [0.05, 0.1) is 5.56 Å². The largest absolute Gasteiger partial charge is 0.422 e.